The van der Waals surface area contributed by atoms with Crippen molar-refractivity contribution in [2.24, 2.45) is 0 Å². The smallest absolute Gasteiger partial charge is 0.338 e. The van der Waals surface area contributed by atoms with Crippen LogP contribution in [0.1, 0.15) is 38.8 Å². The average molecular weight is 553 g/mol. The molecule has 1 fully saturated rings. The molecule has 2 N–H and O–H groups in total. The van der Waals surface area contributed by atoms with E-state index in [9.17, 15) is 14.4 Å². The Hall–Kier alpha value is -2.75. The third-order valence-electron chi connectivity index (χ3n) is 6.18. The van der Waals surface area contributed by atoms with Crippen LogP contribution in [0.2, 0.25) is 10.0 Å². The number of urea groups is 2. The number of ether oxygens (including phenoxy) is 1. The number of carbonyl (C=O) groups is 3. The molecular formula is C26H35Cl2N5O4. The standard InChI is InChI=1S/C26H35Cl2N5O4/c1-5-10-33-21(16-31-11-7-12-32(14-13-31)25(35)29-17(3)4)22(24(34)37-6-2)23(30-26(33)36)19-9-8-18(27)15-20(19)28/h5,8-9,15,17,23H,1,6-7,10-14,16H2,2-4H3,(H,29,35)(H,30,36). The molecule has 0 aromatic heterocycles. The van der Waals surface area contributed by atoms with E-state index < -0.39 is 12.0 Å². The summed E-state index contributed by atoms with van der Waals surface area (Å²) in [6, 6.07) is 3.72. The van der Waals surface area contributed by atoms with Gasteiger partial charge in [0.05, 0.1) is 18.2 Å². The fraction of sp³-hybridized carbons (Fsp3) is 0.500. The molecular weight excluding hydrogens is 517 g/mol. The number of nitrogens with one attached hydrogen (secondary N) is 2. The summed E-state index contributed by atoms with van der Waals surface area (Å²) in [6.07, 6.45) is 2.37. The zero-order valence-corrected chi connectivity index (χ0v) is 23.1. The third kappa shape index (κ3) is 7.18. The molecule has 1 aromatic carbocycles. The minimum Gasteiger partial charge on any atom is -0.463 e. The Labute approximate surface area is 228 Å². The van der Waals surface area contributed by atoms with Gasteiger partial charge in [-0.15, -0.1) is 6.58 Å². The van der Waals surface area contributed by atoms with Crippen molar-refractivity contribution in [2.45, 2.75) is 39.3 Å². The van der Waals surface area contributed by atoms with Crippen molar-refractivity contribution in [1.29, 1.82) is 0 Å². The Morgan fingerprint density at radius 1 is 1.24 bits per heavy atom. The molecule has 0 spiro atoms. The van der Waals surface area contributed by atoms with E-state index in [1.54, 1.807) is 36.1 Å². The first-order valence-electron chi connectivity index (χ1n) is 12.5. The summed E-state index contributed by atoms with van der Waals surface area (Å²) >= 11 is 12.6. The van der Waals surface area contributed by atoms with Gasteiger partial charge in [0.15, 0.2) is 0 Å². The minimum absolute atomic E-state index is 0.0500. The van der Waals surface area contributed by atoms with Gasteiger partial charge in [0.2, 0.25) is 0 Å². The van der Waals surface area contributed by atoms with Crippen molar-refractivity contribution in [2.75, 3.05) is 45.9 Å². The Kier molecular flexibility index (Phi) is 10.3. The monoisotopic (exact) mass is 551 g/mol. The highest BCUT2D eigenvalue weighted by Crippen LogP contribution is 2.36. The fourth-order valence-corrected chi connectivity index (χ4v) is 5.01. The van der Waals surface area contributed by atoms with Crippen LogP contribution in [-0.2, 0) is 9.53 Å². The number of halogens is 2. The Balaban J connectivity index is 1.99. The van der Waals surface area contributed by atoms with E-state index >= 15 is 0 Å². The van der Waals surface area contributed by atoms with E-state index in [4.69, 9.17) is 27.9 Å². The second-order valence-electron chi connectivity index (χ2n) is 9.25. The summed E-state index contributed by atoms with van der Waals surface area (Å²) < 4.78 is 5.44. The van der Waals surface area contributed by atoms with Gasteiger partial charge in [0.25, 0.3) is 0 Å². The minimum atomic E-state index is -0.812. The Morgan fingerprint density at radius 2 is 2.00 bits per heavy atom. The van der Waals surface area contributed by atoms with Crippen molar-refractivity contribution in [3.63, 3.8) is 0 Å². The molecule has 2 aliphatic heterocycles. The van der Waals surface area contributed by atoms with Crippen molar-refractivity contribution in [3.8, 4) is 0 Å². The van der Waals surface area contributed by atoms with E-state index in [1.807, 2.05) is 13.8 Å². The summed E-state index contributed by atoms with van der Waals surface area (Å²) in [6.45, 7) is 12.5. The zero-order chi connectivity index (χ0) is 27.1. The first-order valence-corrected chi connectivity index (χ1v) is 13.2. The van der Waals surface area contributed by atoms with Gasteiger partial charge < -0.3 is 20.3 Å². The van der Waals surface area contributed by atoms with Crippen LogP contribution in [0.5, 0.6) is 0 Å². The van der Waals surface area contributed by atoms with Gasteiger partial charge in [-0.2, -0.15) is 0 Å². The number of benzene rings is 1. The van der Waals surface area contributed by atoms with E-state index in [0.29, 0.717) is 59.6 Å². The molecule has 0 bridgehead atoms. The van der Waals surface area contributed by atoms with Crippen LogP contribution in [0.25, 0.3) is 0 Å². The van der Waals surface area contributed by atoms with Crippen molar-refractivity contribution < 1.29 is 19.1 Å². The number of amides is 4. The number of carbonyl (C=O) groups excluding carboxylic acids is 3. The quantitative estimate of drug-likeness (QED) is 0.373. The van der Waals surface area contributed by atoms with Gasteiger partial charge in [-0.05, 0) is 44.9 Å². The van der Waals surface area contributed by atoms with Crippen LogP contribution in [0, 0.1) is 0 Å². The summed E-state index contributed by atoms with van der Waals surface area (Å²) in [7, 11) is 0. The number of hydrogen-bond acceptors (Lipinski definition) is 5. The van der Waals surface area contributed by atoms with Gasteiger partial charge in [-0.25, -0.2) is 14.4 Å². The molecule has 1 atom stereocenters. The summed E-state index contributed by atoms with van der Waals surface area (Å²) in [5, 5.41) is 6.63. The molecule has 4 amide bonds. The number of hydrogen-bond donors (Lipinski definition) is 2. The normalized spacial score (nSPS) is 19.0. The topological polar surface area (TPSA) is 94.2 Å². The SMILES string of the molecule is C=CCN1C(=O)NC(c2ccc(Cl)cc2Cl)C(C(=O)OCC)=C1CN1CCCN(C(=O)NC(C)C)CC1. The number of nitrogens with zero attached hydrogens (tertiary/aromatic N) is 3. The average Bonchev–Trinajstić information content (AvgIpc) is 3.06. The predicted octanol–water partition coefficient (Wildman–Crippen LogP) is 4.19. The van der Waals surface area contributed by atoms with Crippen LogP contribution in [0.15, 0.2) is 42.1 Å². The highest BCUT2D eigenvalue weighted by atomic mass is 35.5. The van der Waals surface area contributed by atoms with Gasteiger partial charge in [0.1, 0.15) is 0 Å². The maximum absolute atomic E-state index is 13.3. The molecule has 3 rings (SSSR count). The Morgan fingerprint density at radius 3 is 2.65 bits per heavy atom. The molecule has 1 unspecified atom stereocenters. The van der Waals surface area contributed by atoms with E-state index in [0.717, 1.165) is 6.42 Å². The number of rotatable bonds is 8. The van der Waals surface area contributed by atoms with Crippen molar-refractivity contribution in [1.82, 2.24) is 25.3 Å². The summed E-state index contributed by atoms with van der Waals surface area (Å²) in [4.78, 5) is 44.6. The molecule has 2 aliphatic rings. The molecule has 2 heterocycles. The zero-order valence-electron chi connectivity index (χ0n) is 21.6. The van der Waals surface area contributed by atoms with E-state index in [2.05, 4.69) is 22.1 Å². The molecule has 0 radical (unpaired) electrons. The first-order chi connectivity index (χ1) is 17.7. The molecule has 1 saturated heterocycles. The lowest BCUT2D eigenvalue weighted by atomic mass is 9.94. The fourth-order valence-electron chi connectivity index (χ4n) is 4.50. The van der Waals surface area contributed by atoms with Gasteiger partial charge in [0, 0.05) is 61.1 Å². The van der Waals surface area contributed by atoms with Gasteiger partial charge in [-0.3, -0.25) is 9.80 Å². The van der Waals surface area contributed by atoms with Crippen LogP contribution < -0.4 is 10.6 Å². The van der Waals surface area contributed by atoms with Gasteiger partial charge in [-0.1, -0.05) is 35.3 Å². The predicted molar refractivity (Wildman–Crippen MR) is 145 cm³/mol. The van der Waals surface area contributed by atoms with Crippen LogP contribution in [0.4, 0.5) is 9.59 Å². The molecule has 37 heavy (non-hydrogen) atoms. The lowest BCUT2D eigenvalue weighted by Gasteiger charge is -2.38. The molecule has 9 nitrogen and oxygen atoms in total. The molecule has 0 saturated carbocycles. The molecule has 0 aliphatic carbocycles. The molecule has 1 aromatic rings. The largest absolute Gasteiger partial charge is 0.463 e. The summed E-state index contributed by atoms with van der Waals surface area (Å²) in [5.41, 5.74) is 1.38. The van der Waals surface area contributed by atoms with E-state index in [-0.39, 0.29) is 31.3 Å². The van der Waals surface area contributed by atoms with Crippen molar-refractivity contribution >= 4 is 41.2 Å². The lowest BCUT2D eigenvalue weighted by molar-refractivity contribution is -0.139. The molecule has 11 heteroatoms. The third-order valence-corrected chi connectivity index (χ3v) is 6.74. The lowest BCUT2D eigenvalue weighted by Crippen LogP contribution is -2.51. The second-order valence-corrected chi connectivity index (χ2v) is 10.1. The highest BCUT2D eigenvalue weighted by Gasteiger charge is 2.39. The van der Waals surface area contributed by atoms with Gasteiger partial charge >= 0.3 is 18.0 Å². The van der Waals surface area contributed by atoms with E-state index in [1.165, 1.54) is 4.90 Å². The maximum Gasteiger partial charge on any atom is 0.338 e. The summed E-state index contributed by atoms with van der Waals surface area (Å²) in [5.74, 6) is -0.532. The van der Waals surface area contributed by atoms with Crippen molar-refractivity contribution in [3.05, 3.63) is 57.7 Å². The molecule has 202 valence electrons. The van der Waals surface area contributed by atoms with Crippen LogP contribution in [0.3, 0.4) is 0 Å². The second kappa shape index (κ2) is 13.2. The Bertz CT molecular complexity index is 1060. The first kappa shape index (κ1) is 28.8. The maximum atomic E-state index is 13.3. The number of esters is 1. The van der Waals surface area contributed by atoms with Crippen LogP contribution >= 0.6 is 23.2 Å². The van der Waals surface area contributed by atoms with Crippen LogP contribution in [-0.4, -0.2) is 84.6 Å². The highest BCUT2D eigenvalue weighted by molar-refractivity contribution is 6.35.